The van der Waals surface area contributed by atoms with Gasteiger partial charge in [-0.2, -0.15) is 20.5 Å². The first-order valence-corrected chi connectivity index (χ1v) is 8.82. The number of nitrogens with zero attached hydrogens (tertiary/aromatic N) is 5. The van der Waals surface area contributed by atoms with Crippen LogP contribution in [0.25, 0.3) is 16.9 Å². The van der Waals surface area contributed by atoms with Crippen LogP contribution < -0.4 is 5.32 Å². The Hall–Kier alpha value is -3.55. The van der Waals surface area contributed by atoms with E-state index in [1.807, 2.05) is 23.7 Å². The van der Waals surface area contributed by atoms with E-state index < -0.39 is 0 Å². The maximum absolute atomic E-state index is 12.5. The Morgan fingerprint density at radius 2 is 2.00 bits per heavy atom. The highest BCUT2D eigenvalue weighted by Gasteiger charge is 2.28. The first-order chi connectivity index (χ1) is 13.2. The molecule has 3 aromatic heterocycles. The van der Waals surface area contributed by atoms with Crippen LogP contribution in [0.5, 0.6) is 0 Å². The van der Waals surface area contributed by atoms with Crippen molar-refractivity contribution in [3.63, 3.8) is 0 Å². The highest BCUT2D eigenvalue weighted by molar-refractivity contribution is 6.05. The first kappa shape index (κ1) is 15.7. The topological polar surface area (TPSA) is 101 Å². The third-order valence-corrected chi connectivity index (χ3v) is 4.66. The number of carbonyl (C=O) groups excluding carboxylic acids is 1. The predicted molar refractivity (Wildman–Crippen MR) is 99.9 cm³/mol. The van der Waals surface area contributed by atoms with Crippen molar-refractivity contribution in [2.45, 2.75) is 25.7 Å². The van der Waals surface area contributed by atoms with Gasteiger partial charge >= 0.3 is 0 Å². The van der Waals surface area contributed by atoms with Gasteiger partial charge in [0.1, 0.15) is 11.0 Å². The standard InChI is InChI=1S/C19H17N7O/c1-11-8-17(12-2-3-12)26(24-11)18-7-5-14(10-20-18)21-19(27)13-4-6-15-16(9-13)23-25-22-15/h4-10,12H,2-3H2,1H3,(H,21,27)(H,22,23,25). The average Bonchev–Trinajstić information content (AvgIpc) is 3.28. The summed E-state index contributed by atoms with van der Waals surface area (Å²) in [6.45, 7) is 1.99. The lowest BCUT2D eigenvalue weighted by atomic mass is 10.2. The van der Waals surface area contributed by atoms with Crippen LogP contribution in [0, 0.1) is 6.92 Å². The van der Waals surface area contributed by atoms with E-state index in [2.05, 4.69) is 36.9 Å². The van der Waals surface area contributed by atoms with Crippen molar-refractivity contribution in [1.29, 1.82) is 0 Å². The van der Waals surface area contributed by atoms with E-state index in [0.717, 1.165) is 17.0 Å². The van der Waals surface area contributed by atoms with Gasteiger partial charge in [0.2, 0.25) is 0 Å². The number of carbonyl (C=O) groups is 1. The summed E-state index contributed by atoms with van der Waals surface area (Å²) in [5, 5.41) is 17.9. The molecule has 5 rings (SSSR count). The lowest BCUT2D eigenvalue weighted by Crippen LogP contribution is -2.12. The Labute approximate surface area is 154 Å². The molecule has 1 fully saturated rings. The molecule has 1 saturated carbocycles. The van der Waals surface area contributed by atoms with Gasteiger partial charge in [0.05, 0.1) is 17.6 Å². The monoisotopic (exact) mass is 359 g/mol. The number of benzene rings is 1. The fourth-order valence-electron chi connectivity index (χ4n) is 3.14. The number of rotatable bonds is 4. The number of hydrogen-bond donors (Lipinski definition) is 2. The van der Waals surface area contributed by atoms with Gasteiger partial charge in [-0.15, -0.1) is 0 Å². The molecule has 2 N–H and O–H groups in total. The van der Waals surface area contributed by atoms with E-state index >= 15 is 0 Å². The third-order valence-electron chi connectivity index (χ3n) is 4.66. The van der Waals surface area contributed by atoms with Gasteiger partial charge in [-0.1, -0.05) is 0 Å². The van der Waals surface area contributed by atoms with Crippen molar-refractivity contribution in [3.8, 4) is 5.82 Å². The molecule has 8 nitrogen and oxygen atoms in total. The molecule has 0 radical (unpaired) electrons. The molecule has 1 amide bonds. The molecule has 4 aromatic rings. The summed E-state index contributed by atoms with van der Waals surface area (Å²) in [6.07, 6.45) is 4.06. The molecule has 1 aliphatic rings. The largest absolute Gasteiger partial charge is 0.321 e. The van der Waals surface area contributed by atoms with Gasteiger partial charge in [0, 0.05) is 17.2 Å². The van der Waals surface area contributed by atoms with Gasteiger partial charge < -0.3 is 5.32 Å². The Morgan fingerprint density at radius 3 is 2.78 bits per heavy atom. The number of fused-ring (bicyclic) bond motifs is 1. The zero-order valence-electron chi connectivity index (χ0n) is 14.7. The summed E-state index contributed by atoms with van der Waals surface area (Å²) in [7, 11) is 0. The van der Waals surface area contributed by atoms with Gasteiger partial charge in [-0.25, -0.2) is 9.67 Å². The molecule has 0 atom stereocenters. The molecule has 134 valence electrons. The minimum atomic E-state index is -0.219. The second-order valence-electron chi connectivity index (χ2n) is 6.78. The molecular formula is C19H17N7O. The Bertz CT molecular complexity index is 1140. The minimum absolute atomic E-state index is 0.219. The molecule has 0 aliphatic heterocycles. The van der Waals surface area contributed by atoms with Crippen molar-refractivity contribution in [3.05, 3.63) is 59.5 Å². The molecule has 0 spiro atoms. The fourth-order valence-corrected chi connectivity index (χ4v) is 3.14. The summed E-state index contributed by atoms with van der Waals surface area (Å²) in [5.74, 6) is 1.12. The smallest absolute Gasteiger partial charge is 0.255 e. The molecule has 3 heterocycles. The van der Waals surface area contributed by atoms with Crippen molar-refractivity contribution in [1.82, 2.24) is 30.2 Å². The molecular weight excluding hydrogens is 342 g/mol. The molecule has 0 bridgehead atoms. The van der Waals surface area contributed by atoms with Crippen molar-refractivity contribution >= 4 is 22.6 Å². The van der Waals surface area contributed by atoms with Crippen LogP contribution in [-0.2, 0) is 0 Å². The molecule has 1 aliphatic carbocycles. The highest BCUT2D eigenvalue weighted by Crippen LogP contribution is 2.40. The Morgan fingerprint density at radius 1 is 1.15 bits per heavy atom. The number of H-pyrrole nitrogens is 1. The van der Waals surface area contributed by atoms with Crippen LogP contribution >= 0.6 is 0 Å². The maximum Gasteiger partial charge on any atom is 0.255 e. The molecule has 27 heavy (non-hydrogen) atoms. The van der Waals surface area contributed by atoms with Crippen LogP contribution in [0.1, 0.15) is 40.5 Å². The zero-order valence-corrected chi connectivity index (χ0v) is 14.7. The summed E-state index contributed by atoms with van der Waals surface area (Å²) in [6, 6.07) is 11.0. The van der Waals surface area contributed by atoms with Gasteiger partial charge in [0.15, 0.2) is 5.82 Å². The Balaban J connectivity index is 1.36. The van der Waals surface area contributed by atoms with Crippen LogP contribution in [0.15, 0.2) is 42.6 Å². The highest BCUT2D eigenvalue weighted by atomic mass is 16.1. The normalized spacial score (nSPS) is 13.8. The lowest BCUT2D eigenvalue weighted by Gasteiger charge is -2.08. The van der Waals surface area contributed by atoms with Crippen LogP contribution in [0.2, 0.25) is 0 Å². The van der Waals surface area contributed by atoms with Crippen molar-refractivity contribution in [2.24, 2.45) is 0 Å². The van der Waals surface area contributed by atoms with Crippen LogP contribution in [0.4, 0.5) is 5.69 Å². The fraction of sp³-hybridized carbons (Fsp3) is 0.211. The number of amides is 1. The summed E-state index contributed by atoms with van der Waals surface area (Å²) in [4.78, 5) is 17.0. The molecule has 0 unspecified atom stereocenters. The second kappa shape index (κ2) is 6.01. The summed E-state index contributed by atoms with van der Waals surface area (Å²) >= 11 is 0. The maximum atomic E-state index is 12.5. The van der Waals surface area contributed by atoms with E-state index in [1.165, 1.54) is 18.5 Å². The lowest BCUT2D eigenvalue weighted by molar-refractivity contribution is 0.102. The van der Waals surface area contributed by atoms with E-state index in [1.54, 1.807) is 24.4 Å². The SMILES string of the molecule is Cc1cc(C2CC2)n(-c2ccc(NC(=O)c3ccc4n[nH]nc4c3)cn2)n1. The van der Waals surface area contributed by atoms with Gasteiger partial charge in [0.25, 0.3) is 5.91 Å². The zero-order chi connectivity index (χ0) is 18.4. The Kier molecular flexibility index (Phi) is 3.49. The number of aromatic amines is 1. The van der Waals surface area contributed by atoms with Crippen LogP contribution in [-0.4, -0.2) is 36.1 Å². The van der Waals surface area contributed by atoms with Crippen LogP contribution in [0.3, 0.4) is 0 Å². The number of anilines is 1. The quantitative estimate of drug-likeness (QED) is 0.583. The van der Waals surface area contributed by atoms with E-state index in [-0.39, 0.29) is 5.91 Å². The number of nitrogens with one attached hydrogen (secondary N) is 2. The summed E-state index contributed by atoms with van der Waals surface area (Å²) in [5.41, 5.74) is 4.70. The summed E-state index contributed by atoms with van der Waals surface area (Å²) < 4.78 is 1.90. The predicted octanol–water partition coefficient (Wildman–Crippen LogP) is 2.98. The number of hydrogen-bond acceptors (Lipinski definition) is 5. The number of aryl methyl sites for hydroxylation is 1. The molecule has 1 aromatic carbocycles. The van der Waals surface area contributed by atoms with Gasteiger partial charge in [-0.3, -0.25) is 4.79 Å². The average molecular weight is 359 g/mol. The van der Waals surface area contributed by atoms with E-state index in [4.69, 9.17) is 0 Å². The van der Waals surface area contributed by atoms with E-state index in [9.17, 15) is 4.79 Å². The third kappa shape index (κ3) is 2.95. The van der Waals surface area contributed by atoms with Crippen molar-refractivity contribution < 1.29 is 4.79 Å². The molecule has 0 saturated heterocycles. The second-order valence-corrected chi connectivity index (χ2v) is 6.78. The molecule has 8 heteroatoms. The van der Waals surface area contributed by atoms with Gasteiger partial charge in [-0.05, 0) is 56.2 Å². The van der Waals surface area contributed by atoms with E-state index in [0.29, 0.717) is 22.7 Å². The van der Waals surface area contributed by atoms with Crippen molar-refractivity contribution in [2.75, 3.05) is 5.32 Å². The number of aromatic nitrogens is 6. The first-order valence-electron chi connectivity index (χ1n) is 8.82. The minimum Gasteiger partial charge on any atom is -0.321 e. The number of pyridine rings is 1.